The number of benzene rings is 1. The van der Waals surface area contributed by atoms with Crippen LogP contribution in [0.4, 0.5) is 0 Å². The number of carbonyl (C=O) groups is 1. The molecule has 222 valence electrons. The van der Waals surface area contributed by atoms with Crippen molar-refractivity contribution in [1.29, 1.82) is 0 Å². The normalized spacial score (nSPS) is 16.3. The molecule has 1 aliphatic carbocycles. The van der Waals surface area contributed by atoms with Crippen LogP contribution in [0.5, 0.6) is 0 Å². The van der Waals surface area contributed by atoms with E-state index in [2.05, 4.69) is 32.1 Å². The Morgan fingerprint density at radius 2 is 1.76 bits per heavy atom. The molecule has 7 rings (SSSR count). The molecule has 1 aromatic carbocycles. The molecule has 0 spiro atoms. The first-order valence-corrected chi connectivity index (χ1v) is 14.9. The molecule has 1 fully saturated rings. The third-order valence-electron chi connectivity index (χ3n) is 8.17. The van der Waals surface area contributed by atoms with Gasteiger partial charge in [-0.15, -0.1) is 0 Å². The average Bonchev–Trinajstić information content (AvgIpc) is 3.51. The molecule has 10 nitrogen and oxygen atoms in total. The minimum absolute atomic E-state index is 0.0871. The Balaban J connectivity index is 1.19. The third kappa shape index (κ3) is 5.52. The number of nitrogens with one attached hydrogen (secondary N) is 1. The lowest BCUT2D eigenvalue weighted by molar-refractivity contribution is 0.0917. The van der Waals surface area contributed by atoms with E-state index in [1.165, 1.54) is 9.13 Å². The Kier molecular flexibility index (Phi) is 7.27. The number of aromatic nitrogens is 6. The molecule has 5 heterocycles. The van der Waals surface area contributed by atoms with Crippen LogP contribution in [0.15, 0.2) is 101 Å². The van der Waals surface area contributed by atoms with Crippen LogP contribution in [-0.4, -0.2) is 40.4 Å². The van der Waals surface area contributed by atoms with Gasteiger partial charge in [-0.2, -0.15) is 0 Å². The zero-order valence-electron chi connectivity index (χ0n) is 24.6. The van der Waals surface area contributed by atoms with E-state index in [-0.39, 0.29) is 23.6 Å². The van der Waals surface area contributed by atoms with Crippen molar-refractivity contribution in [3.05, 3.63) is 135 Å². The molecule has 0 unspecified atom stereocenters. The average molecular weight is 596 g/mol. The lowest BCUT2D eigenvalue weighted by Crippen LogP contribution is -2.45. The first kappa shape index (κ1) is 28.0. The van der Waals surface area contributed by atoms with Gasteiger partial charge in [0.1, 0.15) is 11.3 Å². The van der Waals surface area contributed by atoms with Gasteiger partial charge in [-0.05, 0) is 86.7 Å². The van der Waals surface area contributed by atoms with Crippen LogP contribution >= 0.6 is 0 Å². The number of hydrogen-bond acceptors (Lipinski definition) is 6. The summed E-state index contributed by atoms with van der Waals surface area (Å²) in [6.07, 6.45) is 11.0. The highest BCUT2D eigenvalue weighted by Gasteiger charge is 2.28. The van der Waals surface area contributed by atoms with Gasteiger partial charge in [-0.3, -0.25) is 19.1 Å². The van der Waals surface area contributed by atoms with Gasteiger partial charge in [0.25, 0.3) is 11.5 Å². The number of nitrogens with zero attached hydrogens (tertiary/aromatic N) is 6. The predicted octanol–water partition coefficient (Wildman–Crippen LogP) is 4.21. The maximum Gasteiger partial charge on any atom is 0.337 e. The van der Waals surface area contributed by atoms with Gasteiger partial charge in [0, 0.05) is 54.2 Å². The zero-order chi connectivity index (χ0) is 30.9. The standard InChI is InChI=1S/C35H29N7O3/c1-23-18-29-32(37-20-23)41(28-8-4-6-24(19-28)10-11-25-7-5-16-36-21-25)35(45)42(34(29)44)27-14-12-26(13-15-27)38-33(43)30-22-40-17-3-2-9-31(40)39-30/h2-9,16-22,26-27H,12-15H2,1H3,(H,38,43). The van der Waals surface area contributed by atoms with E-state index in [1.807, 2.05) is 72.1 Å². The molecular weight excluding hydrogens is 566 g/mol. The number of amides is 1. The largest absolute Gasteiger partial charge is 0.348 e. The van der Waals surface area contributed by atoms with Crippen molar-refractivity contribution in [1.82, 2.24) is 33.8 Å². The van der Waals surface area contributed by atoms with Crippen molar-refractivity contribution in [2.24, 2.45) is 0 Å². The van der Waals surface area contributed by atoms with Crippen molar-refractivity contribution in [2.45, 2.75) is 44.7 Å². The second-order valence-electron chi connectivity index (χ2n) is 11.3. The summed E-state index contributed by atoms with van der Waals surface area (Å²) in [6, 6.07) is 18.0. The molecule has 45 heavy (non-hydrogen) atoms. The summed E-state index contributed by atoms with van der Waals surface area (Å²) in [5.74, 6) is 6.01. The lowest BCUT2D eigenvalue weighted by Gasteiger charge is -2.30. The molecule has 0 bridgehead atoms. The van der Waals surface area contributed by atoms with Gasteiger partial charge in [-0.25, -0.2) is 19.3 Å². The van der Waals surface area contributed by atoms with Crippen molar-refractivity contribution in [2.75, 3.05) is 0 Å². The van der Waals surface area contributed by atoms with Crippen LogP contribution in [0.3, 0.4) is 0 Å². The van der Waals surface area contributed by atoms with Gasteiger partial charge in [-0.1, -0.05) is 24.0 Å². The summed E-state index contributed by atoms with van der Waals surface area (Å²) < 4.78 is 4.68. The molecule has 6 aromatic rings. The van der Waals surface area contributed by atoms with E-state index in [0.717, 1.165) is 11.1 Å². The number of pyridine rings is 3. The fourth-order valence-corrected chi connectivity index (χ4v) is 5.95. The Bertz CT molecular complexity index is 2220. The minimum atomic E-state index is -0.446. The highest BCUT2D eigenvalue weighted by molar-refractivity contribution is 5.93. The van der Waals surface area contributed by atoms with Crippen LogP contribution in [-0.2, 0) is 0 Å². The maximum atomic E-state index is 14.2. The molecule has 1 N–H and O–H groups in total. The van der Waals surface area contributed by atoms with Gasteiger partial charge in [0.2, 0.25) is 0 Å². The van der Waals surface area contributed by atoms with Crippen molar-refractivity contribution >= 4 is 22.6 Å². The number of rotatable bonds is 4. The quantitative estimate of drug-likeness (QED) is 0.305. The first-order chi connectivity index (χ1) is 21.9. The molecule has 1 saturated carbocycles. The van der Waals surface area contributed by atoms with Crippen LogP contribution < -0.4 is 16.6 Å². The highest BCUT2D eigenvalue weighted by Crippen LogP contribution is 2.28. The Labute approximate surface area is 258 Å². The van der Waals surface area contributed by atoms with Gasteiger partial charge in [0.15, 0.2) is 5.65 Å². The summed E-state index contributed by atoms with van der Waals surface area (Å²) in [5.41, 5.74) is 3.45. The molecular formula is C35H29N7O3. The molecule has 5 aromatic heterocycles. The number of carbonyl (C=O) groups excluding carboxylic acids is 1. The molecule has 1 aliphatic rings. The predicted molar refractivity (Wildman–Crippen MR) is 171 cm³/mol. The smallest absolute Gasteiger partial charge is 0.337 e. The SMILES string of the molecule is Cc1cnc2c(c1)c(=O)n(C1CCC(NC(=O)c3cn4ccccc4n3)CC1)c(=O)n2-c1cccc(C#Cc2cccnc2)c1. The Morgan fingerprint density at radius 3 is 2.56 bits per heavy atom. The lowest BCUT2D eigenvalue weighted by atomic mass is 9.90. The summed E-state index contributed by atoms with van der Waals surface area (Å²) in [7, 11) is 0. The fourth-order valence-electron chi connectivity index (χ4n) is 5.95. The number of fused-ring (bicyclic) bond motifs is 2. The number of aryl methyl sites for hydroxylation is 1. The summed E-state index contributed by atoms with van der Waals surface area (Å²) in [6.45, 7) is 1.87. The van der Waals surface area contributed by atoms with Gasteiger partial charge < -0.3 is 9.72 Å². The van der Waals surface area contributed by atoms with E-state index in [4.69, 9.17) is 0 Å². The van der Waals surface area contributed by atoms with Crippen LogP contribution in [0.1, 0.15) is 58.9 Å². The van der Waals surface area contributed by atoms with Crippen molar-refractivity contribution < 1.29 is 4.79 Å². The van der Waals surface area contributed by atoms with Crippen molar-refractivity contribution in [3.63, 3.8) is 0 Å². The van der Waals surface area contributed by atoms with E-state index in [1.54, 1.807) is 30.9 Å². The van der Waals surface area contributed by atoms with E-state index < -0.39 is 5.69 Å². The van der Waals surface area contributed by atoms with Crippen molar-refractivity contribution in [3.8, 4) is 17.5 Å². The highest BCUT2D eigenvalue weighted by atomic mass is 16.2. The third-order valence-corrected chi connectivity index (χ3v) is 8.17. The molecule has 0 aliphatic heterocycles. The van der Waals surface area contributed by atoms with Crippen LogP contribution in [0, 0.1) is 18.8 Å². The minimum Gasteiger partial charge on any atom is -0.348 e. The summed E-state index contributed by atoms with van der Waals surface area (Å²) >= 11 is 0. The van der Waals surface area contributed by atoms with E-state index in [9.17, 15) is 14.4 Å². The second kappa shape index (κ2) is 11.7. The summed E-state index contributed by atoms with van der Waals surface area (Å²) in [4.78, 5) is 54.0. The van der Waals surface area contributed by atoms with Gasteiger partial charge >= 0.3 is 5.69 Å². The van der Waals surface area contributed by atoms with Gasteiger partial charge in [0.05, 0.1) is 11.1 Å². The van der Waals surface area contributed by atoms with E-state index in [0.29, 0.717) is 59.3 Å². The molecule has 0 saturated heterocycles. The van der Waals surface area contributed by atoms with Crippen LogP contribution in [0.25, 0.3) is 22.4 Å². The monoisotopic (exact) mass is 595 g/mol. The Hall–Kier alpha value is -5.82. The van der Waals surface area contributed by atoms with E-state index >= 15 is 0 Å². The van der Waals surface area contributed by atoms with Crippen LogP contribution in [0.2, 0.25) is 0 Å². The molecule has 0 atom stereocenters. The number of hydrogen-bond donors (Lipinski definition) is 1. The fraction of sp³-hybridized carbons (Fsp3) is 0.200. The molecule has 1 amide bonds. The maximum absolute atomic E-state index is 14.2. The zero-order valence-corrected chi connectivity index (χ0v) is 24.6. The molecule has 0 radical (unpaired) electrons. The topological polar surface area (TPSA) is 116 Å². The second-order valence-corrected chi connectivity index (χ2v) is 11.3. The molecule has 10 heteroatoms. The number of imidazole rings is 1. The Morgan fingerprint density at radius 1 is 0.933 bits per heavy atom. The first-order valence-electron chi connectivity index (χ1n) is 14.9. The summed E-state index contributed by atoms with van der Waals surface area (Å²) in [5, 5.41) is 3.47.